The number of carboxylic acid groups (broad SMARTS) is 1. The molecule has 0 spiro atoms. The number of nitrogens with zero attached hydrogens (tertiary/aromatic N) is 2. The van der Waals surface area contributed by atoms with Crippen molar-refractivity contribution < 1.29 is 19.4 Å². The fourth-order valence-corrected chi connectivity index (χ4v) is 1.37. The Balaban J connectivity index is 2.65. The van der Waals surface area contributed by atoms with Crippen molar-refractivity contribution in [2.75, 3.05) is 14.2 Å². The van der Waals surface area contributed by atoms with Gasteiger partial charge in [-0.15, -0.1) is 0 Å². The number of amides is 2. The van der Waals surface area contributed by atoms with Gasteiger partial charge in [0.15, 0.2) is 0 Å². The molecular weight excluding hydrogens is 262 g/mol. The Morgan fingerprint density at radius 2 is 2.15 bits per heavy atom. The van der Waals surface area contributed by atoms with Crippen LogP contribution in [0.25, 0.3) is 0 Å². The third kappa shape index (κ3) is 3.59. The van der Waals surface area contributed by atoms with Crippen LogP contribution in [0.5, 0.6) is 5.88 Å². The summed E-state index contributed by atoms with van der Waals surface area (Å²) < 4.78 is 4.98. The number of hydrogen-bond donors (Lipinski definition) is 2. The maximum Gasteiger partial charge on any atom is 0.329 e. The predicted octanol–water partition coefficient (Wildman–Crippen LogP) is 1.09. The summed E-state index contributed by atoms with van der Waals surface area (Å²) in [4.78, 5) is 28.1. The fourth-order valence-electron chi connectivity index (χ4n) is 1.37. The van der Waals surface area contributed by atoms with E-state index in [0.29, 0.717) is 5.88 Å². The molecule has 1 aromatic heterocycles. The van der Waals surface area contributed by atoms with Crippen molar-refractivity contribution in [2.45, 2.75) is 25.9 Å². The SMILES string of the molecule is COc1cc(CNC(=O)N(C)C(C)(C)C(=O)O)ccn1. The molecule has 0 aliphatic rings. The molecule has 0 saturated carbocycles. The minimum absolute atomic E-state index is 0.262. The molecule has 1 aromatic rings. The standard InChI is InChI=1S/C13H19N3O4/c1-13(2,11(17)18)16(3)12(19)15-8-9-5-6-14-10(7-9)20-4/h5-7H,8H2,1-4H3,(H,15,19)(H,17,18). The summed E-state index contributed by atoms with van der Waals surface area (Å²) in [6, 6.07) is 2.97. The summed E-state index contributed by atoms with van der Waals surface area (Å²) in [6.45, 7) is 3.19. The van der Waals surface area contributed by atoms with Gasteiger partial charge in [-0.1, -0.05) is 0 Å². The van der Waals surface area contributed by atoms with Gasteiger partial charge in [0.25, 0.3) is 0 Å². The van der Waals surface area contributed by atoms with Crippen molar-refractivity contribution in [3.8, 4) is 5.88 Å². The molecule has 0 aliphatic carbocycles. The first-order chi connectivity index (χ1) is 9.28. The Morgan fingerprint density at radius 3 is 2.70 bits per heavy atom. The minimum Gasteiger partial charge on any atom is -0.481 e. The van der Waals surface area contributed by atoms with Crippen molar-refractivity contribution in [3.05, 3.63) is 23.9 Å². The van der Waals surface area contributed by atoms with E-state index >= 15 is 0 Å². The first-order valence-electron chi connectivity index (χ1n) is 6.03. The van der Waals surface area contributed by atoms with Gasteiger partial charge >= 0.3 is 12.0 Å². The van der Waals surface area contributed by atoms with Crippen LogP contribution in [0, 0.1) is 0 Å². The van der Waals surface area contributed by atoms with Gasteiger partial charge in [-0.2, -0.15) is 0 Å². The largest absolute Gasteiger partial charge is 0.481 e. The molecule has 0 aliphatic heterocycles. The van der Waals surface area contributed by atoms with Gasteiger partial charge in [0.2, 0.25) is 5.88 Å². The van der Waals surface area contributed by atoms with Gasteiger partial charge < -0.3 is 20.1 Å². The summed E-state index contributed by atoms with van der Waals surface area (Å²) >= 11 is 0. The summed E-state index contributed by atoms with van der Waals surface area (Å²) in [5, 5.41) is 11.7. The normalized spacial score (nSPS) is 10.8. The molecule has 0 unspecified atom stereocenters. The zero-order valence-electron chi connectivity index (χ0n) is 12.0. The van der Waals surface area contributed by atoms with Crippen LogP contribution in [0.15, 0.2) is 18.3 Å². The van der Waals surface area contributed by atoms with Crippen LogP contribution in [-0.4, -0.2) is 46.7 Å². The lowest BCUT2D eigenvalue weighted by atomic mass is 10.1. The van der Waals surface area contributed by atoms with Gasteiger partial charge in [-0.05, 0) is 25.5 Å². The Labute approximate surface area is 117 Å². The highest BCUT2D eigenvalue weighted by Gasteiger charge is 2.35. The second-order valence-corrected chi connectivity index (χ2v) is 4.79. The number of ether oxygens (including phenoxy) is 1. The lowest BCUT2D eigenvalue weighted by Crippen LogP contribution is -2.53. The molecule has 7 heteroatoms. The van der Waals surface area contributed by atoms with E-state index in [1.165, 1.54) is 28.0 Å². The smallest absolute Gasteiger partial charge is 0.329 e. The molecule has 2 N–H and O–H groups in total. The first-order valence-corrected chi connectivity index (χ1v) is 6.03. The zero-order chi connectivity index (χ0) is 15.3. The molecule has 2 amide bonds. The molecule has 0 bridgehead atoms. The topological polar surface area (TPSA) is 91.8 Å². The second kappa shape index (κ2) is 6.23. The zero-order valence-corrected chi connectivity index (χ0v) is 12.0. The first kappa shape index (κ1) is 15.7. The molecule has 1 heterocycles. The number of likely N-dealkylation sites (N-methyl/N-ethyl adjacent to an activating group) is 1. The van der Waals surface area contributed by atoms with Crippen molar-refractivity contribution in [2.24, 2.45) is 0 Å². The maximum atomic E-state index is 11.9. The van der Waals surface area contributed by atoms with Gasteiger partial charge in [0.1, 0.15) is 5.54 Å². The van der Waals surface area contributed by atoms with Crippen molar-refractivity contribution in [3.63, 3.8) is 0 Å². The number of aliphatic carboxylic acids is 1. The number of nitrogens with one attached hydrogen (secondary N) is 1. The maximum absolute atomic E-state index is 11.9. The molecule has 7 nitrogen and oxygen atoms in total. The predicted molar refractivity (Wildman–Crippen MR) is 72.5 cm³/mol. The van der Waals surface area contributed by atoms with E-state index in [4.69, 9.17) is 9.84 Å². The number of rotatable bonds is 5. The van der Waals surface area contributed by atoms with E-state index in [1.807, 2.05) is 0 Å². The van der Waals surface area contributed by atoms with Crippen LogP contribution in [-0.2, 0) is 11.3 Å². The third-order valence-corrected chi connectivity index (χ3v) is 3.12. The quantitative estimate of drug-likeness (QED) is 0.843. The van der Waals surface area contributed by atoms with Crippen LogP contribution in [0.3, 0.4) is 0 Å². The summed E-state index contributed by atoms with van der Waals surface area (Å²) in [7, 11) is 2.95. The monoisotopic (exact) mass is 281 g/mol. The van der Waals surface area contributed by atoms with E-state index in [1.54, 1.807) is 18.3 Å². The van der Waals surface area contributed by atoms with Gasteiger partial charge in [0, 0.05) is 25.9 Å². The van der Waals surface area contributed by atoms with Crippen molar-refractivity contribution in [1.82, 2.24) is 15.2 Å². The van der Waals surface area contributed by atoms with Gasteiger partial charge in [-0.3, -0.25) is 0 Å². The Hall–Kier alpha value is -2.31. The number of urea groups is 1. The average molecular weight is 281 g/mol. The van der Waals surface area contributed by atoms with Crippen LogP contribution in [0.1, 0.15) is 19.4 Å². The number of carboxylic acids is 1. The molecule has 0 atom stereocenters. The summed E-state index contributed by atoms with van der Waals surface area (Å²) in [5.74, 6) is -0.614. The van der Waals surface area contributed by atoms with Crippen LogP contribution >= 0.6 is 0 Å². The van der Waals surface area contributed by atoms with Crippen molar-refractivity contribution >= 4 is 12.0 Å². The number of pyridine rings is 1. The number of methoxy groups -OCH3 is 1. The molecule has 1 rings (SSSR count). The van der Waals surface area contributed by atoms with E-state index in [2.05, 4.69) is 10.3 Å². The Morgan fingerprint density at radius 1 is 1.50 bits per heavy atom. The van der Waals surface area contributed by atoms with E-state index in [9.17, 15) is 9.59 Å². The highest BCUT2D eigenvalue weighted by atomic mass is 16.5. The van der Waals surface area contributed by atoms with E-state index in [0.717, 1.165) is 10.5 Å². The molecule has 20 heavy (non-hydrogen) atoms. The average Bonchev–Trinajstić information content (AvgIpc) is 2.43. The molecule has 110 valence electrons. The number of carbonyl (C=O) groups excluding carboxylic acids is 1. The van der Waals surface area contributed by atoms with E-state index in [-0.39, 0.29) is 6.54 Å². The highest BCUT2D eigenvalue weighted by Crippen LogP contribution is 2.13. The second-order valence-electron chi connectivity index (χ2n) is 4.79. The number of aromatic nitrogens is 1. The fraction of sp³-hybridized carbons (Fsp3) is 0.462. The highest BCUT2D eigenvalue weighted by molar-refractivity contribution is 5.85. The Kier molecular flexibility index (Phi) is 4.90. The van der Waals surface area contributed by atoms with Crippen LogP contribution < -0.4 is 10.1 Å². The van der Waals surface area contributed by atoms with E-state index < -0.39 is 17.5 Å². The summed E-state index contributed by atoms with van der Waals surface area (Å²) in [6.07, 6.45) is 1.57. The molecule has 0 radical (unpaired) electrons. The molecular formula is C13H19N3O4. The molecule has 0 saturated heterocycles. The number of hydrogen-bond acceptors (Lipinski definition) is 4. The Bertz CT molecular complexity index is 502. The van der Waals surface area contributed by atoms with Gasteiger partial charge in [0.05, 0.1) is 7.11 Å². The molecule has 0 fully saturated rings. The minimum atomic E-state index is -1.28. The lowest BCUT2D eigenvalue weighted by molar-refractivity contribution is -0.146. The lowest BCUT2D eigenvalue weighted by Gasteiger charge is -2.31. The van der Waals surface area contributed by atoms with Crippen LogP contribution in [0.2, 0.25) is 0 Å². The summed E-state index contributed by atoms with van der Waals surface area (Å²) in [5.41, 5.74) is -0.466. The van der Waals surface area contributed by atoms with Gasteiger partial charge in [-0.25, -0.2) is 14.6 Å². The molecule has 0 aromatic carbocycles. The number of carbonyl (C=O) groups is 2. The van der Waals surface area contributed by atoms with Crippen molar-refractivity contribution in [1.29, 1.82) is 0 Å². The van der Waals surface area contributed by atoms with Crippen LogP contribution in [0.4, 0.5) is 4.79 Å². The third-order valence-electron chi connectivity index (χ3n) is 3.12.